The lowest BCUT2D eigenvalue weighted by Gasteiger charge is -2.32. The minimum absolute atomic E-state index is 0.0978. The number of furan rings is 1. The van der Waals surface area contributed by atoms with Crippen molar-refractivity contribution in [2.45, 2.75) is 32.2 Å². The summed E-state index contributed by atoms with van der Waals surface area (Å²) in [5.41, 5.74) is 7.15. The molecule has 0 atom stereocenters. The molecule has 2 N–H and O–H groups in total. The molecule has 0 radical (unpaired) electrons. The molecule has 0 unspecified atom stereocenters. The summed E-state index contributed by atoms with van der Waals surface area (Å²) in [4.78, 5) is 35.8. The SMILES string of the molecule is CCn1nc(C2CCN(c3ccc(-c4cc([N+](=O)[O-])oc4C(N)=O)cc3)CC2)oc1=O.N#N. The number of piperidine rings is 1. The first-order valence-corrected chi connectivity index (χ1v) is 10.1. The lowest BCUT2D eigenvalue weighted by atomic mass is 9.96. The van der Waals surface area contributed by atoms with Crippen molar-refractivity contribution in [3.8, 4) is 11.1 Å². The average molecular weight is 455 g/mol. The predicted molar refractivity (Wildman–Crippen MR) is 113 cm³/mol. The Morgan fingerprint density at radius 3 is 2.39 bits per heavy atom. The van der Waals surface area contributed by atoms with E-state index in [9.17, 15) is 19.7 Å². The van der Waals surface area contributed by atoms with E-state index in [0.717, 1.165) is 31.6 Å². The van der Waals surface area contributed by atoms with Crippen molar-refractivity contribution >= 4 is 17.5 Å². The second-order valence-electron chi connectivity index (χ2n) is 7.28. The van der Waals surface area contributed by atoms with E-state index in [1.54, 1.807) is 12.1 Å². The van der Waals surface area contributed by atoms with E-state index < -0.39 is 22.5 Å². The molecule has 0 spiro atoms. The van der Waals surface area contributed by atoms with Gasteiger partial charge < -0.3 is 19.5 Å². The van der Waals surface area contributed by atoms with Crippen LogP contribution >= 0.6 is 0 Å². The molecular weight excluding hydrogens is 434 g/mol. The van der Waals surface area contributed by atoms with Gasteiger partial charge in [0.05, 0.1) is 6.07 Å². The fourth-order valence-corrected chi connectivity index (χ4v) is 3.79. The first-order chi connectivity index (χ1) is 15.9. The lowest BCUT2D eigenvalue weighted by Crippen LogP contribution is -2.33. The maximum Gasteiger partial charge on any atom is 0.437 e. The molecule has 0 aliphatic carbocycles. The molecule has 1 fully saturated rings. The minimum Gasteiger partial charge on any atom is -0.395 e. The molecule has 1 aliphatic heterocycles. The van der Waals surface area contributed by atoms with Gasteiger partial charge >= 0.3 is 11.6 Å². The smallest absolute Gasteiger partial charge is 0.395 e. The molecule has 13 nitrogen and oxygen atoms in total. The van der Waals surface area contributed by atoms with Crippen LogP contribution in [0.25, 0.3) is 11.1 Å². The Labute approximate surface area is 186 Å². The van der Waals surface area contributed by atoms with Crippen LogP contribution in [0.5, 0.6) is 0 Å². The van der Waals surface area contributed by atoms with Crippen molar-refractivity contribution in [2.24, 2.45) is 5.73 Å². The zero-order valence-corrected chi connectivity index (χ0v) is 17.7. The maximum absolute atomic E-state index is 11.7. The standard InChI is InChI=1S/C20H21N5O6.N2/c1-2-24-20(27)31-19(22-24)13-7-9-23(10-8-13)14-5-3-12(4-6-14)15-11-16(25(28)29)30-17(15)18(21)26;1-2/h3-6,11,13H,2,7-10H2,1H3,(H2,21,26);. The monoisotopic (exact) mass is 455 g/mol. The molecule has 3 heterocycles. The zero-order valence-electron chi connectivity index (χ0n) is 17.7. The fraction of sp³-hybridized carbons (Fsp3) is 0.350. The van der Waals surface area contributed by atoms with Crippen LogP contribution in [-0.2, 0) is 6.54 Å². The van der Waals surface area contributed by atoms with Crippen LogP contribution in [0.1, 0.15) is 42.1 Å². The number of nitrogens with zero attached hydrogens (tertiary/aromatic N) is 6. The summed E-state index contributed by atoms with van der Waals surface area (Å²) in [7, 11) is 0. The number of nitro groups is 1. The number of primary amides is 1. The summed E-state index contributed by atoms with van der Waals surface area (Å²) in [6.45, 7) is 3.84. The third-order valence-corrected chi connectivity index (χ3v) is 5.43. The molecular formula is C20H21N7O6. The number of carbonyl (C=O) groups is 1. The Balaban J connectivity index is 0.00000149. The van der Waals surface area contributed by atoms with Gasteiger partial charge in [-0.3, -0.25) is 14.9 Å². The first-order valence-electron chi connectivity index (χ1n) is 10.1. The number of benzene rings is 1. The van der Waals surface area contributed by atoms with Crippen LogP contribution in [-0.4, -0.2) is 33.7 Å². The molecule has 2 aromatic heterocycles. The van der Waals surface area contributed by atoms with Gasteiger partial charge in [-0.05, 0) is 37.5 Å². The van der Waals surface area contributed by atoms with E-state index in [1.165, 1.54) is 10.7 Å². The van der Waals surface area contributed by atoms with Crippen molar-refractivity contribution in [1.29, 1.82) is 10.8 Å². The first kappa shape index (κ1) is 23.2. The van der Waals surface area contributed by atoms with Crippen molar-refractivity contribution in [3.05, 3.63) is 62.6 Å². The Morgan fingerprint density at radius 1 is 1.24 bits per heavy atom. The summed E-state index contributed by atoms with van der Waals surface area (Å²) in [6.07, 6.45) is 1.59. The molecule has 1 aromatic carbocycles. The Hall–Kier alpha value is -4.47. The summed E-state index contributed by atoms with van der Waals surface area (Å²) >= 11 is 0. The number of rotatable bonds is 6. The number of amides is 1. The van der Waals surface area contributed by atoms with Gasteiger partial charge in [0.15, 0.2) is 0 Å². The van der Waals surface area contributed by atoms with Crippen LogP contribution < -0.4 is 16.4 Å². The Morgan fingerprint density at radius 2 is 1.88 bits per heavy atom. The minimum atomic E-state index is -0.869. The van der Waals surface area contributed by atoms with E-state index in [4.69, 9.17) is 25.4 Å². The van der Waals surface area contributed by atoms with Gasteiger partial charge in [0, 0.05) is 47.6 Å². The van der Waals surface area contributed by atoms with Crippen molar-refractivity contribution < 1.29 is 18.6 Å². The molecule has 4 rings (SSSR count). The number of hydrogen-bond acceptors (Lipinski definition) is 10. The Bertz CT molecular complexity index is 1220. The highest BCUT2D eigenvalue weighted by atomic mass is 16.6. The van der Waals surface area contributed by atoms with Gasteiger partial charge in [0.2, 0.25) is 11.7 Å². The van der Waals surface area contributed by atoms with Gasteiger partial charge in [0.1, 0.15) is 4.92 Å². The number of aromatic nitrogens is 2. The third-order valence-electron chi connectivity index (χ3n) is 5.43. The molecule has 0 saturated carbocycles. The molecule has 1 saturated heterocycles. The van der Waals surface area contributed by atoms with Gasteiger partial charge in [-0.1, -0.05) is 12.1 Å². The van der Waals surface area contributed by atoms with Crippen LogP contribution in [0.15, 0.2) is 44.0 Å². The zero-order chi connectivity index (χ0) is 24.1. The van der Waals surface area contributed by atoms with E-state index in [0.29, 0.717) is 18.0 Å². The van der Waals surface area contributed by atoms with Crippen LogP contribution in [0.2, 0.25) is 0 Å². The highest BCUT2D eigenvalue weighted by Gasteiger charge is 2.26. The molecule has 33 heavy (non-hydrogen) atoms. The summed E-state index contributed by atoms with van der Waals surface area (Å²) in [5, 5.41) is 27.2. The fourth-order valence-electron chi connectivity index (χ4n) is 3.79. The number of anilines is 1. The topological polar surface area (TPSA) is 198 Å². The van der Waals surface area contributed by atoms with Crippen LogP contribution in [0.4, 0.5) is 11.6 Å². The number of carbonyl (C=O) groups excluding carboxylic acids is 1. The van der Waals surface area contributed by atoms with E-state index in [2.05, 4.69) is 10.00 Å². The normalized spacial score (nSPS) is 13.8. The highest BCUT2D eigenvalue weighted by Crippen LogP contribution is 2.33. The predicted octanol–water partition coefficient (Wildman–Crippen LogP) is 2.54. The summed E-state index contributed by atoms with van der Waals surface area (Å²) in [5.74, 6) is -1.49. The quantitative estimate of drug-likeness (QED) is 0.327. The molecule has 13 heteroatoms. The van der Waals surface area contributed by atoms with E-state index >= 15 is 0 Å². The largest absolute Gasteiger partial charge is 0.437 e. The third kappa shape index (κ3) is 4.74. The second-order valence-corrected chi connectivity index (χ2v) is 7.28. The molecule has 1 amide bonds. The average Bonchev–Trinajstić information content (AvgIpc) is 3.45. The van der Waals surface area contributed by atoms with Gasteiger partial charge in [-0.2, -0.15) is 4.68 Å². The summed E-state index contributed by atoms with van der Waals surface area (Å²) < 4.78 is 11.6. The molecule has 3 aromatic rings. The van der Waals surface area contributed by atoms with Gasteiger partial charge in [-0.15, -0.1) is 5.10 Å². The maximum atomic E-state index is 11.7. The molecule has 1 aliphatic rings. The van der Waals surface area contributed by atoms with Crippen LogP contribution in [0, 0.1) is 20.9 Å². The van der Waals surface area contributed by atoms with Gasteiger partial charge in [-0.25, -0.2) is 4.79 Å². The van der Waals surface area contributed by atoms with Crippen molar-refractivity contribution in [2.75, 3.05) is 18.0 Å². The summed E-state index contributed by atoms with van der Waals surface area (Å²) in [6, 6.07) is 8.50. The molecule has 0 bridgehead atoms. The second kappa shape index (κ2) is 9.77. The number of aryl methyl sites for hydroxylation is 1. The lowest BCUT2D eigenvalue weighted by molar-refractivity contribution is -0.402. The molecule has 172 valence electrons. The van der Waals surface area contributed by atoms with Crippen LogP contribution in [0.3, 0.4) is 0 Å². The number of nitrogens with two attached hydrogens (primary N) is 1. The van der Waals surface area contributed by atoms with Crippen molar-refractivity contribution in [1.82, 2.24) is 9.78 Å². The van der Waals surface area contributed by atoms with Gasteiger partial charge in [0.25, 0.3) is 5.91 Å². The highest BCUT2D eigenvalue weighted by molar-refractivity contribution is 5.97. The van der Waals surface area contributed by atoms with Crippen molar-refractivity contribution in [3.63, 3.8) is 0 Å². The van der Waals surface area contributed by atoms with E-state index in [-0.39, 0.29) is 17.2 Å². The number of hydrogen-bond donors (Lipinski definition) is 1. The van der Waals surface area contributed by atoms with E-state index in [1.807, 2.05) is 19.1 Å². The Kier molecular flexibility index (Phi) is 6.87.